The molecule has 0 spiro atoms. The lowest BCUT2D eigenvalue weighted by molar-refractivity contribution is 0.0941. The van der Waals surface area contributed by atoms with Gasteiger partial charge in [-0.3, -0.25) is 4.79 Å². The molecule has 0 radical (unpaired) electrons. The van der Waals surface area contributed by atoms with Gasteiger partial charge in [-0.1, -0.05) is 27.6 Å². The van der Waals surface area contributed by atoms with Crippen LogP contribution < -0.4 is 10.1 Å². The van der Waals surface area contributed by atoms with Gasteiger partial charge in [0.05, 0.1) is 12.7 Å². The van der Waals surface area contributed by atoms with Gasteiger partial charge in [-0.05, 0) is 43.7 Å². The number of benzene rings is 1. The Kier molecular flexibility index (Phi) is 4.50. The van der Waals surface area contributed by atoms with Crippen molar-refractivity contribution in [3.8, 4) is 5.75 Å². The minimum atomic E-state index is -0.0404. The average Bonchev–Trinajstić information content (AvgIpc) is 3.17. The summed E-state index contributed by atoms with van der Waals surface area (Å²) < 4.78 is 5.25. The van der Waals surface area contributed by atoms with E-state index in [1.165, 1.54) is 12.8 Å². The van der Waals surface area contributed by atoms with Crippen LogP contribution in [0.25, 0.3) is 0 Å². The number of carbonyl (C=O) groups excluding carboxylic acids is 1. The van der Waals surface area contributed by atoms with E-state index in [0.717, 1.165) is 23.9 Å². The molecule has 0 atom stereocenters. The lowest BCUT2D eigenvalue weighted by Crippen LogP contribution is -2.30. The molecule has 0 unspecified atom stereocenters. The number of aryl methyl sites for hydroxylation is 1. The molecule has 104 valence electrons. The van der Waals surface area contributed by atoms with Crippen molar-refractivity contribution in [1.29, 1.82) is 0 Å². The second kappa shape index (κ2) is 5.95. The monoisotopic (exact) mass is 325 g/mol. The molecule has 4 heteroatoms. The van der Waals surface area contributed by atoms with Gasteiger partial charge in [0.1, 0.15) is 5.75 Å². The van der Waals surface area contributed by atoms with Crippen LogP contribution in [0.3, 0.4) is 0 Å². The largest absolute Gasteiger partial charge is 0.496 e. The van der Waals surface area contributed by atoms with Gasteiger partial charge in [0.2, 0.25) is 0 Å². The summed E-state index contributed by atoms with van der Waals surface area (Å²) in [5.41, 5.74) is 2.01. The van der Waals surface area contributed by atoms with E-state index in [1.807, 2.05) is 25.1 Å². The van der Waals surface area contributed by atoms with Gasteiger partial charge in [-0.25, -0.2) is 0 Å². The molecule has 1 aliphatic rings. The molecule has 0 heterocycles. The Morgan fingerprint density at radius 3 is 2.79 bits per heavy atom. The van der Waals surface area contributed by atoms with Gasteiger partial charge in [0.25, 0.3) is 5.91 Å². The predicted molar refractivity (Wildman–Crippen MR) is 80.1 cm³/mol. The summed E-state index contributed by atoms with van der Waals surface area (Å²) in [5, 5.41) is 4.05. The van der Waals surface area contributed by atoms with E-state index in [1.54, 1.807) is 7.11 Å². The maximum absolute atomic E-state index is 12.3. The lowest BCUT2D eigenvalue weighted by Gasteiger charge is -2.15. The fourth-order valence-electron chi connectivity index (χ4n) is 2.25. The van der Waals surface area contributed by atoms with Gasteiger partial charge in [0, 0.05) is 11.9 Å². The van der Waals surface area contributed by atoms with Crippen LogP contribution in [0.2, 0.25) is 0 Å². The second-order valence-electron chi connectivity index (χ2n) is 5.33. The third kappa shape index (κ3) is 3.50. The molecule has 1 aromatic rings. The van der Waals surface area contributed by atoms with E-state index in [2.05, 4.69) is 21.2 Å². The summed E-state index contributed by atoms with van der Waals surface area (Å²) in [6, 6.07) is 5.66. The molecule has 0 saturated heterocycles. The van der Waals surface area contributed by atoms with E-state index in [-0.39, 0.29) is 5.91 Å². The van der Waals surface area contributed by atoms with E-state index >= 15 is 0 Å². The molecule has 1 amide bonds. The van der Waals surface area contributed by atoms with Crippen molar-refractivity contribution in [2.24, 2.45) is 5.41 Å². The molecule has 1 N–H and O–H groups in total. The van der Waals surface area contributed by atoms with E-state index < -0.39 is 0 Å². The first-order valence-corrected chi connectivity index (χ1v) is 7.71. The zero-order valence-electron chi connectivity index (χ0n) is 11.5. The molecule has 1 aromatic carbocycles. The van der Waals surface area contributed by atoms with Crippen LogP contribution in [0, 0.1) is 12.3 Å². The summed E-state index contributed by atoms with van der Waals surface area (Å²) in [6.07, 6.45) is 3.55. The third-order valence-electron chi connectivity index (χ3n) is 3.81. The quantitative estimate of drug-likeness (QED) is 0.815. The minimum Gasteiger partial charge on any atom is -0.496 e. The zero-order chi connectivity index (χ0) is 13.9. The molecule has 3 nitrogen and oxygen atoms in total. The van der Waals surface area contributed by atoms with Crippen LogP contribution in [-0.4, -0.2) is 24.9 Å². The summed E-state index contributed by atoms with van der Waals surface area (Å²) in [6.45, 7) is 2.73. The van der Waals surface area contributed by atoms with Crippen molar-refractivity contribution in [1.82, 2.24) is 5.32 Å². The standard InChI is InChI=1S/C15H20BrNO2/c1-11-3-4-13(19-2)12(9-11)14(18)17-10-15(5-6-15)7-8-16/h3-4,9H,5-8,10H2,1-2H3,(H,17,18). The van der Waals surface area contributed by atoms with E-state index in [0.29, 0.717) is 16.7 Å². The Morgan fingerprint density at radius 2 is 2.21 bits per heavy atom. The van der Waals surface area contributed by atoms with Gasteiger partial charge in [-0.15, -0.1) is 0 Å². The Hall–Kier alpha value is -1.03. The maximum atomic E-state index is 12.3. The molecule has 19 heavy (non-hydrogen) atoms. The zero-order valence-corrected chi connectivity index (χ0v) is 13.0. The normalized spacial score (nSPS) is 15.9. The molecular formula is C15H20BrNO2. The number of alkyl halides is 1. The van der Waals surface area contributed by atoms with Crippen molar-refractivity contribution in [2.45, 2.75) is 26.2 Å². The van der Waals surface area contributed by atoms with Crippen LogP contribution in [0.15, 0.2) is 18.2 Å². The van der Waals surface area contributed by atoms with Gasteiger partial charge in [-0.2, -0.15) is 0 Å². The molecule has 0 aliphatic heterocycles. The predicted octanol–water partition coefficient (Wildman–Crippen LogP) is 3.30. The molecule has 0 bridgehead atoms. The number of methoxy groups -OCH3 is 1. The maximum Gasteiger partial charge on any atom is 0.255 e. The summed E-state index contributed by atoms with van der Waals surface area (Å²) in [7, 11) is 1.59. The number of halogens is 1. The fraction of sp³-hybridized carbons (Fsp3) is 0.533. The van der Waals surface area contributed by atoms with Gasteiger partial charge < -0.3 is 10.1 Å². The topological polar surface area (TPSA) is 38.3 Å². The smallest absolute Gasteiger partial charge is 0.255 e. The summed E-state index contributed by atoms with van der Waals surface area (Å²) in [5.74, 6) is 0.592. The fourth-order valence-corrected chi connectivity index (χ4v) is 3.10. The number of amides is 1. The van der Waals surface area contributed by atoms with Crippen LogP contribution in [0.5, 0.6) is 5.75 Å². The SMILES string of the molecule is COc1ccc(C)cc1C(=O)NCC1(CCBr)CC1. The first-order chi connectivity index (χ1) is 9.10. The number of carbonyl (C=O) groups is 1. The Balaban J connectivity index is 2.02. The van der Waals surface area contributed by atoms with Crippen LogP contribution >= 0.6 is 15.9 Å². The van der Waals surface area contributed by atoms with Gasteiger partial charge >= 0.3 is 0 Å². The van der Waals surface area contributed by atoms with Crippen molar-refractivity contribution in [2.75, 3.05) is 19.0 Å². The van der Waals surface area contributed by atoms with Crippen LogP contribution in [0.4, 0.5) is 0 Å². The first-order valence-electron chi connectivity index (χ1n) is 6.59. The number of rotatable bonds is 6. The highest BCUT2D eigenvalue weighted by molar-refractivity contribution is 9.09. The Labute approximate surface area is 122 Å². The second-order valence-corrected chi connectivity index (χ2v) is 6.12. The minimum absolute atomic E-state index is 0.0404. The molecule has 1 aliphatic carbocycles. The lowest BCUT2D eigenvalue weighted by atomic mass is 10.0. The highest BCUT2D eigenvalue weighted by Crippen LogP contribution is 2.48. The van der Waals surface area contributed by atoms with Crippen molar-refractivity contribution in [3.05, 3.63) is 29.3 Å². The van der Waals surface area contributed by atoms with Crippen molar-refractivity contribution >= 4 is 21.8 Å². The summed E-state index contributed by atoms with van der Waals surface area (Å²) >= 11 is 3.48. The molecular weight excluding hydrogens is 306 g/mol. The highest BCUT2D eigenvalue weighted by atomic mass is 79.9. The molecule has 1 saturated carbocycles. The van der Waals surface area contributed by atoms with E-state index in [9.17, 15) is 4.79 Å². The van der Waals surface area contributed by atoms with E-state index in [4.69, 9.17) is 4.74 Å². The number of nitrogens with one attached hydrogen (secondary N) is 1. The van der Waals surface area contributed by atoms with Crippen molar-refractivity contribution < 1.29 is 9.53 Å². The highest BCUT2D eigenvalue weighted by Gasteiger charge is 2.41. The number of ether oxygens (including phenoxy) is 1. The number of hydrogen-bond acceptors (Lipinski definition) is 2. The van der Waals surface area contributed by atoms with Crippen LogP contribution in [0.1, 0.15) is 35.2 Å². The molecule has 2 rings (SSSR count). The first kappa shape index (κ1) is 14.4. The number of hydrogen-bond donors (Lipinski definition) is 1. The Bertz CT molecular complexity index is 469. The van der Waals surface area contributed by atoms with Gasteiger partial charge in [0.15, 0.2) is 0 Å². The molecule has 0 aromatic heterocycles. The van der Waals surface area contributed by atoms with Crippen LogP contribution in [-0.2, 0) is 0 Å². The summed E-state index contributed by atoms with van der Waals surface area (Å²) in [4.78, 5) is 12.3. The third-order valence-corrected chi connectivity index (χ3v) is 4.20. The average molecular weight is 326 g/mol. The van der Waals surface area contributed by atoms with Crippen molar-refractivity contribution in [3.63, 3.8) is 0 Å². The molecule has 1 fully saturated rings. The Morgan fingerprint density at radius 1 is 1.47 bits per heavy atom.